The van der Waals surface area contributed by atoms with Gasteiger partial charge in [0.25, 0.3) is 0 Å². The molecule has 8 nitrogen and oxygen atoms in total. The van der Waals surface area contributed by atoms with Gasteiger partial charge in [0.1, 0.15) is 0 Å². The molecule has 6 heterocycles. The van der Waals surface area contributed by atoms with Crippen molar-refractivity contribution in [3.63, 3.8) is 0 Å². The Morgan fingerprint density at radius 1 is 0.284 bits per heavy atom. The van der Waals surface area contributed by atoms with E-state index in [9.17, 15) is 21.0 Å². The van der Waals surface area contributed by atoms with Gasteiger partial charge in [-0.25, -0.2) is 0 Å². The lowest BCUT2D eigenvalue weighted by Gasteiger charge is -2.36. The SMILES string of the molecule is Cc1cc2c3c(c1)-c1c4c(cc5c(c4cc4c1c1ccccc1n4-c1ccc(C#N)cc1)c1ccccc1n5-c1ccc(C#N)cc1)B3c1cc3c(c4cc5c(c-2c14)c1ccccc1n5-c1ccc(C#N)cc1)c1ccccc1n3-c1ccc(C#N)cc1. The van der Waals surface area contributed by atoms with Crippen molar-refractivity contribution in [1.82, 2.24) is 18.3 Å². The molecule has 0 radical (unpaired) electrons. The summed E-state index contributed by atoms with van der Waals surface area (Å²) in [4.78, 5) is 0. The monoisotopic (exact) mass is 1110 g/mol. The number of rotatable bonds is 4. The van der Waals surface area contributed by atoms with Gasteiger partial charge in [-0.05, 0) is 202 Å². The van der Waals surface area contributed by atoms with E-state index >= 15 is 0 Å². The van der Waals surface area contributed by atoms with Crippen molar-refractivity contribution in [3.8, 4) is 69.3 Å². The van der Waals surface area contributed by atoms with Gasteiger partial charge in [-0.1, -0.05) is 101 Å². The second kappa shape index (κ2) is 17.4. The molecule has 0 atom stereocenters. The van der Waals surface area contributed by atoms with Crippen LogP contribution in [0.5, 0.6) is 0 Å². The maximum atomic E-state index is 10.1. The van der Waals surface area contributed by atoms with Gasteiger partial charge < -0.3 is 18.3 Å². The normalized spacial score (nSPS) is 12.3. The summed E-state index contributed by atoms with van der Waals surface area (Å²) in [6.45, 7) is 1.98. The molecule has 0 N–H and O–H groups in total. The van der Waals surface area contributed by atoms with Crippen molar-refractivity contribution in [3.05, 3.63) is 258 Å². The summed E-state index contributed by atoms with van der Waals surface area (Å²) in [5.74, 6) is 0. The van der Waals surface area contributed by atoms with E-state index in [-0.39, 0.29) is 6.71 Å². The summed E-state index contributed by atoms with van der Waals surface area (Å²) >= 11 is 0. The first-order chi connectivity index (χ1) is 43.4. The number of para-hydroxylation sites is 4. The topological polar surface area (TPSA) is 115 Å². The van der Waals surface area contributed by atoms with E-state index < -0.39 is 0 Å². The van der Waals surface area contributed by atoms with Crippen molar-refractivity contribution in [2.45, 2.75) is 6.92 Å². The number of nitrogens with zero attached hydrogens (tertiary/aromatic N) is 8. The van der Waals surface area contributed by atoms with E-state index in [0.29, 0.717) is 22.3 Å². The Balaban J connectivity index is 1.07. The largest absolute Gasteiger partial charge is 0.309 e. The Bertz CT molecular complexity index is 5880. The first-order valence-electron chi connectivity index (χ1n) is 29.5. The van der Waals surface area contributed by atoms with E-state index in [1.54, 1.807) is 0 Å². The Labute approximate surface area is 502 Å². The summed E-state index contributed by atoms with van der Waals surface area (Å²) < 4.78 is 9.58. The van der Waals surface area contributed by atoms with E-state index in [0.717, 1.165) is 126 Å². The fraction of sp³-hybridized carbons (Fsp3) is 0.0127. The fourth-order valence-corrected chi connectivity index (χ4v) is 15.9. The summed E-state index contributed by atoms with van der Waals surface area (Å²) in [6.07, 6.45) is 0. The predicted octanol–water partition coefficient (Wildman–Crippen LogP) is 16.7. The molecule has 17 aromatic rings. The molecule has 2 aliphatic heterocycles. The number of hydrogen-bond acceptors (Lipinski definition) is 4. The third-order valence-corrected chi connectivity index (χ3v) is 19.2. The maximum absolute atomic E-state index is 10.1. The molecule has 0 bridgehead atoms. The molecule has 9 heteroatoms. The van der Waals surface area contributed by atoms with Crippen LogP contribution in [0.3, 0.4) is 0 Å². The van der Waals surface area contributed by atoms with Crippen molar-refractivity contribution in [2.75, 3.05) is 0 Å². The minimum Gasteiger partial charge on any atom is -0.309 e. The van der Waals surface area contributed by atoms with Gasteiger partial charge in [0.15, 0.2) is 0 Å². The smallest absolute Gasteiger partial charge is 0.244 e. The Hall–Kier alpha value is -12.4. The van der Waals surface area contributed by atoms with Crippen LogP contribution in [0.15, 0.2) is 231 Å². The van der Waals surface area contributed by atoms with Crippen LogP contribution in [0.4, 0.5) is 0 Å². The molecule has 19 rings (SSSR count). The molecule has 13 aromatic carbocycles. The average molecular weight is 1110 g/mol. The van der Waals surface area contributed by atoms with Gasteiger partial charge >= 0.3 is 0 Å². The van der Waals surface area contributed by atoms with Crippen LogP contribution >= 0.6 is 0 Å². The van der Waals surface area contributed by atoms with Crippen LogP contribution in [0.2, 0.25) is 0 Å². The van der Waals surface area contributed by atoms with Crippen molar-refractivity contribution in [1.29, 1.82) is 21.0 Å². The first-order valence-corrected chi connectivity index (χ1v) is 29.5. The van der Waals surface area contributed by atoms with Crippen LogP contribution in [0.25, 0.3) is 154 Å². The Morgan fingerprint density at radius 2 is 0.568 bits per heavy atom. The molecule has 0 spiro atoms. The van der Waals surface area contributed by atoms with Gasteiger partial charge in [0.2, 0.25) is 6.71 Å². The van der Waals surface area contributed by atoms with Crippen LogP contribution in [-0.4, -0.2) is 25.0 Å². The van der Waals surface area contributed by atoms with Crippen molar-refractivity contribution < 1.29 is 0 Å². The Morgan fingerprint density at radius 3 is 0.875 bits per heavy atom. The molecular weight excluding hydrogens is 1070 g/mol. The molecule has 0 saturated carbocycles. The third-order valence-electron chi connectivity index (χ3n) is 19.2. The van der Waals surface area contributed by atoms with Crippen LogP contribution < -0.4 is 16.4 Å². The van der Waals surface area contributed by atoms with E-state index in [2.05, 4.69) is 231 Å². The van der Waals surface area contributed by atoms with Gasteiger partial charge in [0.05, 0.1) is 90.7 Å². The summed E-state index contributed by atoms with van der Waals surface area (Å²) in [6, 6.07) is 91.2. The lowest BCUT2D eigenvalue weighted by atomic mass is 9.30. The van der Waals surface area contributed by atoms with Crippen molar-refractivity contribution >= 4 is 132 Å². The Kier molecular flexibility index (Phi) is 9.47. The third kappa shape index (κ3) is 6.13. The molecule has 0 fully saturated rings. The minimum atomic E-state index is -0.280. The standard InChI is InChI=1S/C79H41BN8/c1-44-34-59-77-73-57(36-67-75(77)55-12-4-8-16-65(55)85(67)49-26-18-45(40-81)19-27-49)71-53-10-2-6-14-63(53)87(51-30-22-47(42-83)23-31-51)69(71)38-61(73)80-62-39-70-72(54-11-3-7-15-64(54)88(70)52-32-24-48(43-84)25-33-52)58-37-68-76(78(74(58)62)60(35-44)79(59)80)56-13-5-9-17-66(56)86(68)50-28-20-46(41-82)21-29-50/h2-39H,1H3. The quantitative estimate of drug-likeness (QED) is 0.163. The lowest BCUT2D eigenvalue weighted by Crippen LogP contribution is -2.57. The molecule has 2 aliphatic rings. The average Bonchev–Trinajstić information content (AvgIpc) is 0.986. The zero-order chi connectivity index (χ0) is 58.4. The molecule has 0 unspecified atom stereocenters. The molecule has 0 aliphatic carbocycles. The first kappa shape index (κ1) is 48.0. The molecule has 0 amide bonds. The van der Waals surface area contributed by atoms with Crippen molar-refractivity contribution in [2.24, 2.45) is 0 Å². The van der Waals surface area contributed by atoms with Gasteiger partial charge in [-0.15, -0.1) is 0 Å². The number of aryl methyl sites for hydroxylation is 1. The highest BCUT2D eigenvalue weighted by atomic mass is 15.0. The summed E-state index contributed by atoms with van der Waals surface area (Å²) in [5, 5.41) is 54.2. The van der Waals surface area contributed by atoms with E-state index in [1.165, 1.54) is 49.4 Å². The van der Waals surface area contributed by atoms with Crippen LogP contribution in [0.1, 0.15) is 27.8 Å². The maximum Gasteiger partial charge on any atom is 0.244 e. The molecular formula is C79H41BN8. The number of fused-ring (bicyclic) bond motifs is 20. The zero-order valence-electron chi connectivity index (χ0n) is 47.1. The van der Waals surface area contributed by atoms with Gasteiger partial charge in [-0.3, -0.25) is 0 Å². The second-order valence-electron chi connectivity index (χ2n) is 23.6. The molecule has 88 heavy (non-hydrogen) atoms. The number of nitriles is 4. The van der Waals surface area contributed by atoms with E-state index in [4.69, 9.17) is 0 Å². The number of aromatic nitrogens is 4. The minimum absolute atomic E-state index is 0.280. The summed E-state index contributed by atoms with van der Waals surface area (Å²) in [5.41, 5.74) is 24.4. The molecule has 400 valence electrons. The van der Waals surface area contributed by atoms with Crippen LogP contribution in [0, 0.1) is 52.2 Å². The number of hydrogen-bond donors (Lipinski definition) is 0. The van der Waals surface area contributed by atoms with Gasteiger partial charge in [0, 0.05) is 65.8 Å². The fourth-order valence-electron chi connectivity index (χ4n) is 15.9. The lowest BCUT2D eigenvalue weighted by molar-refractivity contribution is 1.18. The number of benzene rings is 13. The zero-order valence-corrected chi connectivity index (χ0v) is 47.1. The molecule has 0 saturated heterocycles. The second-order valence-corrected chi connectivity index (χ2v) is 23.6. The van der Waals surface area contributed by atoms with Gasteiger partial charge in [-0.2, -0.15) is 21.0 Å². The highest BCUT2D eigenvalue weighted by Crippen LogP contribution is 2.53. The molecule has 4 aromatic heterocycles. The highest BCUT2D eigenvalue weighted by Gasteiger charge is 2.43. The predicted molar refractivity (Wildman–Crippen MR) is 358 cm³/mol. The summed E-state index contributed by atoms with van der Waals surface area (Å²) in [7, 11) is 0. The van der Waals surface area contributed by atoms with Crippen LogP contribution in [-0.2, 0) is 0 Å². The highest BCUT2D eigenvalue weighted by molar-refractivity contribution is 7.02. The van der Waals surface area contributed by atoms with E-state index in [1.807, 2.05) is 48.5 Å².